The Morgan fingerprint density at radius 3 is 0.811 bits per heavy atom. The van der Waals surface area contributed by atoms with Gasteiger partial charge in [-0.25, -0.2) is 9.13 Å². The number of carbonyl (C=O) groups excluding carboxylic acids is 4. The summed E-state index contributed by atoms with van der Waals surface area (Å²) in [4.78, 5) is 73.0. The van der Waals surface area contributed by atoms with E-state index in [0.29, 0.717) is 32.1 Å². The van der Waals surface area contributed by atoms with Crippen LogP contribution < -0.4 is 0 Å². The van der Waals surface area contributed by atoms with Gasteiger partial charge in [0.25, 0.3) is 0 Å². The third-order valence-electron chi connectivity index (χ3n) is 15.9. The summed E-state index contributed by atoms with van der Waals surface area (Å²) < 4.78 is 68.5. The predicted molar refractivity (Wildman–Crippen MR) is 436 cm³/mol. The van der Waals surface area contributed by atoms with Gasteiger partial charge in [-0.1, -0.05) is 274 Å². The molecule has 3 N–H and O–H groups in total. The van der Waals surface area contributed by atoms with Gasteiger partial charge in [-0.2, -0.15) is 0 Å². The molecular formula is C87H140O17P2. The summed E-state index contributed by atoms with van der Waals surface area (Å²) in [5.41, 5.74) is 0. The maximum Gasteiger partial charge on any atom is 0.472 e. The monoisotopic (exact) mass is 1520 g/mol. The lowest BCUT2D eigenvalue weighted by Crippen LogP contribution is -2.30. The highest BCUT2D eigenvalue weighted by atomic mass is 31.2. The second-order valence-electron chi connectivity index (χ2n) is 25.9. The molecule has 3 unspecified atom stereocenters. The average Bonchev–Trinajstić information content (AvgIpc) is 0.902. The number of esters is 4. The smallest absolute Gasteiger partial charge is 0.462 e. The van der Waals surface area contributed by atoms with Crippen molar-refractivity contribution in [2.24, 2.45) is 0 Å². The minimum atomic E-state index is -5.01. The van der Waals surface area contributed by atoms with Crippen molar-refractivity contribution in [3.8, 4) is 0 Å². The van der Waals surface area contributed by atoms with Crippen LogP contribution >= 0.6 is 15.6 Å². The highest BCUT2D eigenvalue weighted by Crippen LogP contribution is 2.45. The number of phosphoric acid groups is 2. The molecule has 0 radical (unpaired) electrons. The first kappa shape index (κ1) is 100. The van der Waals surface area contributed by atoms with Crippen molar-refractivity contribution in [1.29, 1.82) is 0 Å². The lowest BCUT2D eigenvalue weighted by molar-refractivity contribution is -0.161. The summed E-state index contributed by atoms with van der Waals surface area (Å²) in [5, 5.41) is 10.6. The zero-order valence-corrected chi connectivity index (χ0v) is 67.3. The Labute approximate surface area is 641 Å². The van der Waals surface area contributed by atoms with Gasteiger partial charge in [0.2, 0.25) is 0 Å². The van der Waals surface area contributed by atoms with Crippen LogP contribution in [0.2, 0.25) is 0 Å². The van der Waals surface area contributed by atoms with Gasteiger partial charge in [0.05, 0.1) is 26.4 Å². The van der Waals surface area contributed by atoms with E-state index in [4.69, 9.17) is 37.0 Å². The number of ether oxygens (including phenoxy) is 4. The molecule has 0 aromatic carbocycles. The van der Waals surface area contributed by atoms with E-state index < -0.39 is 97.5 Å². The van der Waals surface area contributed by atoms with Crippen LogP contribution in [-0.2, 0) is 65.4 Å². The number of hydrogen-bond acceptors (Lipinski definition) is 15. The molecule has 0 amide bonds. The van der Waals surface area contributed by atoms with E-state index in [-0.39, 0.29) is 25.7 Å². The van der Waals surface area contributed by atoms with Gasteiger partial charge < -0.3 is 33.8 Å². The molecule has 0 saturated carbocycles. The fraction of sp³-hybridized carbons (Fsp3) is 0.609. The van der Waals surface area contributed by atoms with E-state index in [1.807, 2.05) is 18.2 Å². The largest absolute Gasteiger partial charge is 0.472 e. The zero-order valence-electron chi connectivity index (χ0n) is 65.5. The predicted octanol–water partition coefficient (Wildman–Crippen LogP) is 23.6. The van der Waals surface area contributed by atoms with Gasteiger partial charge in [-0.15, -0.1) is 0 Å². The quantitative estimate of drug-likeness (QED) is 0.0169. The van der Waals surface area contributed by atoms with E-state index in [0.717, 1.165) is 180 Å². The molecule has 0 aromatic heterocycles. The van der Waals surface area contributed by atoms with E-state index in [2.05, 4.69) is 192 Å². The number of allylic oxidation sites excluding steroid dienone is 30. The molecule has 0 aliphatic carbocycles. The molecule has 0 aromatic rings. The standard InChI is InChI=1S/C87H140O17P2/c1-5-9-13-17-21-25-29-33-37-39-40-42-45-48-52-56-60-64-68-72-85(90)98-78-83(104-87(92)74-70-66-62-58-54-50-46-41-38-34-30-26-22-18-14-10-6-2)80-102-106(95,96)100-76-81(88)75-99-105(93,94)101-79-82(103-86(91)73-69-65-61-57-53-49-44-36-32-28-24-20-16-12-8-4)77-97-84(89)71-67-63-59-55-51-47-43-35-31-27-23-19-15-11-7-3/h9-11,13-15,21-28,33-38,40,42-44,46,48,50,52,60,64,81-83,88H,5-8,12,16-20,29-32,39,41,45,47,49,51,53-59,61-63,65-80H2,1-4H3,(H,93,94)(H,95,96)/b13-9-,14-10-,15-11-,25-21-,26-22-,27-23-,28-24-,37-33-,38-34-,42-40-,43-35-,44-36-,50-46-,52-48-,64-60-/t81?,82-,83-/m1/s1. The van der Waals surface area contributed by atoms with Gasteiger partial charge in [0.1, 0.15) is 19.3 Å². The number of unbranched alkanes of at least 4 members (excludes halogenated alkanes) is 17. The molecule has 0 spiro atoms. The van der Waals surface area contributed by atoms with Crippen LogP contribution in [0.15, 0.2) is 182 Å². The van der Waals surface area contributed by atoms with E-state index in [9.17, 15) is 43.2 Å². The first-order valence-corrected chi connectivity index (χ1v) is 43.0. The van der Waals surface area contributed by atoms with Crippen LogP contribution in [0, 0.1) is 0 Å². The summed E-state index contributed by atoms with van der Waals surface area (Å²) in [7, 11) is -10.0. The van der Waals surface area contributed by atoms with E-state index >= 15 is 0 Å². The van der Waals surface area contributed by atoms with Gasteiger partial charge in [-0.05, 0) is 167 Å². The fourth-order valence-electron chi connectivity index (χ4n) is 9.87. The van der Waals surface area contributed by atoms with Crippen molar-refractivity contribution in [2.45, 2.75) is 303 Å². The lowest BCUT2D eigenvalue weighted by atomic mass is 10.1. The number of aliphatic hydroxyl groups excluding tert-OH is 1. The Morgan fingerprint density at radius 2 is 0.509 bits per heavy atom. The molecule has 19 heteroatoms. The van der Waals surface area contributed by atoms with Crippen molar-refractivity contribution < 1.29 is 80.2 Å². The molecule has 0 aliphatic heterocycles. The maximum atomic E-state index is 13.1. The van der Waals surface area contributed by atoms with Crippen LogP contribution in [-0.4, -0.2) is 96.7 Å². The molecule has 0 saturated heterocycles. The first-order chi connectivity index (χ1) is 51.7. The van der Waals surface area contributed by atoms with Crippen LogP contribution in [0.4, 0.5) is 0 Å². The summed E-state index contributed by atoms with van der Waals surface area (Å²) in [6.45, 7) is 4.34. The SMILES string of the molecule is CC/C=C\C/C=C\C/C=C\C/C=C\C/C=C\C/C=C\CCC(=O)OC[C@H](COP(=O)(O)OCC(O)COP(=O)(O)OC[C@@H](COC(=O)CCCCCCC/C=C\C/C=C\C/C=C\CC)OC(=O)CCCCCCC/C=C\C/C=C\CCCCC)OC(=O)CCCCCC/C=C\C/C=C\C/C=C\C/C=C\CC. The molecule has 0 fully saturated rings. The first-order valence-electron chi connectivity index (χ1n) is 40.0. The molecule has 0 aliphatic rings. The topological polar surface area (TPSA) is 237 Å². The Kier molecular flexibility index (Phi) is 73.1. The molecular weight excluding hydrogens is 1380 g/mol. The number of aliphatic hydroxyl groups is 1. The van der Waals surface area contributed by atoms with Gasteiger partial charge in [-0.3, -0.25) is 37.3 Å². The molecule has 0 bridgehead atoms. The van der Waals surface area contributed by atoms with E-state index in [1.54, 1.807) is 0 Å². The average molecular weight is 1520 g/mol. The molecule has 600 valence electrons. The summed E-state index contributed by atoms with van der Waals surface area (Å²) in [6, 6.07) is 0. The number of rotatable bonds is 73. The lowest BCUT2D eigenvalue weighted by Gasteiger charge is -2.21. The Morgan fingerprint density at radius 1 is 0.274 bits per heavy atom. The van der Waals surface area contributed by atoms with Crippen LogP contribution in [0.25, 0.3) is 0 Å². The molecule has 106 heavy (non-hydrogen) atoms. The Hall–Kier alpha value is -5.84. The minimum absolute atomic E-state index is 0.0230. The highest BCUT2D eigenvalue weighted by molar-refractivity contribution is 7.47. The third-order valence-corrected chi connectivity index (χ3v) is 17.8. The number of carbonyl (C=O) groups is 4. The van der Waals surface area contributed by atoms with Crippen LogP contribution in [0.1, 0.15) is 285 Å². The van der Waals surface area contributed by atoms with Crippen molar-refractivity contribution in [3.63, 3.8) is 0 Å². The molecule has 5 atom stereocenters. The number of phosphoric ester groups is 2. The summed E-state index contributed by atoms with van der Waals surface area (Å²) >= 11 is 0. The second-order valence-corrected chi connectivity index (χ2v) is 28.8. The summed E-state index contributed by atoms with van der Waals surface area (Å²) in [5.74, 6) is -2.35. The minimum Gasteiger partial charge on any atom is -0.462 e. The Balaban J connectivity index is 5.51. The number of hydrogen-bond donors (Lipinski definition) is 3. The fourth-order valence-corrected chi connectivity index (χ4v) is 11.4. The van der Waals surface area contributed by atoms with Crippen LogP contribution in [0.5, 0.6) is 0 Å². The van der Waals surface area contributed by atoms with Gasteiger partial charge >= 0.3 is 39.5 Å². The Bertz CT molecular complexity index is 2730. The van der Waals surface area contributed by atoms with Crippen LogP contribution in [0.3, 0.4) is 0 Å². The van der Waals surface area contributed by atoms with Crippen molar-refractivity contribution in [3.05, 3.63) is 182 Å². The van der Waals surface area contributed by atoms with Gasteiger partial charge in [0, 0.05) is 25.7 Å². The normalized spacial score (nSPS) is 14.8. The third kappa shape index (κ3) is 76.4. The van der Waals surface area contributed by atoms with Crippen molar-refractivity contribution in [2.75, 3.05) is 39.6 Å². The van der Waals surface area contributed by atoms with Crippen molar-refractivity contribution in [1.82, 2.24) is 0 Å². The van der Waals surface area contributed by atoms with Gasteiger partial charge in [0.15, 0.2) is 12.2 Å². The highest BCUT2D eigenvalue weighted by Gasteiger charge is 2.30. The molecule has 17 nitrogen and oxygen atoms in total. The molecule has 0 rings (SSSR count). The molecule has 0 heterocycles. The second kappa shape index (κ2) is 77.3. The zero-order chi connectivity index (χ0) is 77.4. The van der Waals surface area contributed by atoms with E-state index in [1.165, 1.54) is 19.3 Å². The maximum absolute atomic E-state index is 13.1. The summed E-state index contributed by atoms with van der Waals surface area (Å²) in [6.07, 6.45) is 93.1. The van der Waals surface area contributed by atoms with Crippen molar-refractivity contribution >= 4 is 39.5 Å².